The Morgan fingerprint density at radius 1 is 1.22 bits per heavy atom. The Kier molecular flexibility index (Phi) is 3.78. The molecule has 0 atom stereocenters. The zero-order chi connectivity index (χ0) is 13.1. The minimum Gasteiger partial charge on any atom is -0.294 e. The van der Waals surface area contributed by atoms with Crippen LogP contribution in [0.15, 0.2) is 42.5 Å². The van der Waals surface area contributed by atoms with Gasteiger partial charge in [-0.05, 0) is 42.3 Å². The second-order valence-corrected chi connectivity index (χ2v) is 4.65. The van der Waals surface area contributed by atoms with E-state index in [0.29, 0.717) is 5.02 Å². The maximum absolute atomic E-state index is 13.6. The fraction of sp³-hybridized carbons (Fsp3) is 0.133. The molecule has 0 radical (unpaired) electrons. The van der Waals surface area contributed by atoms with Crippen LogP contribution in [0.25, 0.3) is 0 Å². The molecule has 2 aromatic rings. The Morgan fingerprint density at radius 2 is 2.00 bits per heavy atom. The van der Waals surface area contributed by atoms with Crippen molar-refractivity contribution in [2.45, 2.75) is 13.3 Å². The lowest BCUT2D eigenvalue weighted by Crippen LogP contribution is -2.06. The fourth-order valence-corrected chi connectivity index (χ4v) is 1.99. The van der Waals surface area contributed by atoms with Crippen molar-refractivity contribution in [2.75, 3.05) is 0 Å². The molecule has 0 amide bonds. The first kappa shape index (κ1) is 12.8. The number of ketones is 1. The van der Waals surface area contributed by atoms with Crippen LogP contribution >= 0.6 is 11.6 Å². The van der Waals surface area contributed by atoms with E-state index in [1.807, 2.05) is 0 Å². The minimum absolute atomic E-state index is 0.126. The summed E-state index contributed by atoms with van der Waals surface area (Å²) in [5, 5.41) is 0.574. The van der Waals surface area contributed by atoms with Gasteiger partial charge in [0.15, 0.2) is 5.78 Å². The molecule has 3 heteroatoms. The topological polar surface area (TPSA) is 17.1 Å². The maximum Gasteiger partial charge on any atom is 0.170 e. The molecule has 2 aromatic carbocycles. The van der Waals surface area contributed by atoms with Crippen molar-refractivity contribution in [1.82, 2.24) is 0 Å². The van der Waals surface area contributed by atoms with Crippen molar-refractivity contribution in [3.05, 3.63) is 70.0 Å². The predicted molar refractivity (Wildman–Crippen MR) is 70.6 cm³/mol. The molecule has 0 bridgehead atoms. The van der Waals surface area contributed by atoms with Gasteiger partial charge in [-0.15, -0.1) is 0 Å². The molecule has 0 aromatic heterocycles. The van der Waals surface area contributed by atoms with E-state index in [4.69, 9.17) is 11.6 Å². The first-order chi connectivity index (χ1) is 8.56. The van der Waals surface area contributed by atoms with Gasteiger partial charge in [-0.3, -0.25) is 4.79 Å². The summed E-state index contributed by atoms with van der Waals surface area (Å²) in [5.74, 6) is -0.711. The van der Waals surface area contributed by atoms with Gasteiger partial charge in [0.05, 0.1) is 5.56 Å². The summed E-state index contributed by atoms with van der Waals surface area (Å²) < 4.78 is 13.6. The Bertz CT molecular complexity index is 593. The molecule has 0 N–H and O–H groups in total. The molecule has 0 aliphatic heterocycles. The van der Waals surface area contributed by atoms with Crippen LogP contribution in [0.5, 0.6) is 0 Å². The van der Waals surface area contributed by atoms with Crippen molar-refractivity contribution in [1.29, 1.82) is 0 Å². The number of rotatable bonds is 3. The van der Waals surface area contributed by atoms with Gasteiger partial charge >= 0.3 is 0 Å². The molecule has 0 saturated carbocycles. The molecular formula is C15H12ClFO. The number of Topliss-reactive ketones (excluding diaryl/α,β-unsaturated/α-hetero) is 1. The summed E-state index contributed by atoms with van der Waals surface area (Å²) in [6.45, 7) is 1.79. The van der Waals surface area contributed by atoms with Crippen molar-refractivity contribution < 1.29 is 9.18 Å². The summed E-state index contributed by atoms with van der Waals surface area (Å²) >= 11 is 5.84. The number of carbonyl (C=O) groups excluding carboxylic acids is 1. The van der Waals surface area contributed by atoms with Crippen molar-refractivity contribution in [3.63, 3.8) is 0 Å². The number of hydrogen-bond acceptors (Lipinski definition) is 1. The monoisotopic (exact) mass is 262 g/mol. The lowest BCUT2D eigenvalue weighted by atomic mass is 10.0. The third kappa shape index (κ3) is 2.96. The molecule has 2 rings (SSSR count). The highest BCUT2D eigenvalue weighted by atomic mass is 35.5. The second kappa shape index (κ2) is 5.32. The van der Waals surface area contributed by atoms with Gasteiger partial charge in [0.25, 0.3) is 0 Å². The highest BCUT2D eigenvalue weighted by Crippen LogP contribution is 2.16. The van der Waals surface area contributed by atoms with Crippen LogP contribution in [0.2, 0.25) is 5.02 Å². The normalized spacial score (nSPS) is 10.4. The largest absolute Gasteiger partial charge is 0.294 e. The van der Waals surface area contributed by atoms with Crippen LogP contribution in [-0.2, 0) is 6.42 Å². The van der Waals surface area contributed by atoms with E-state index in [1.54, 1.807) is 37.3 Å². The van der Waals surface area contributed by atoms with Crippen LogP contribution in [0, 0.1) is 12.7 Å². The van der Waals surface area contributed by atoms with E-state index in [0.717, 1.165) is 11.1 Å². The molecule has 18 heavy (non-hydrogen) atoms. The maximum atomic E-state index is 13.6. The van der Waals surface area contributed by atoms with Crippen molar-refractivity contribution in [2.24, 2.45) is 0 Å². The molecule has 92 valence electrons. The second-order valence-electron chi connectivity index (χ2n) is 4.21. The predicted octanol–water partition coefficient (Wildman–Crippen LogP) is 4.21. The van der Waals surface area contributed by atoms with E-state index in [2.05, 4.69) is 0 Å². The van der Waals surface area contributed by atoms with Gasteiger partial charge in [-0.1, -0.05) is 29.8 Å². The Morgan fingerprint density at radius 3 is 2.67 bits per heavy atom. The van der Waals surface area contributed by atoms with Crippen LogP contribution in [0.4, 0.5) is 4.39 Å². The van der Waals surface area contributed by atoms with Crippen LogP contribution in [0.1, 0.15) is 21.5 Å². The van der Waals surface area contributed by atoms with Gasteiger partial charge in [0.1, 0.15) is 5.82 Å². The van der Waals surface area contributed by atoms with E-state index in [1.165, 1.54) is 12.1 Å². The summed E-state index contributed by atoms with van der Waals surface area (Å²) in [6.07, 6.45) is 0.153. The van der Waals surface area contributed by atoms with Crippen LogP contribution in [0.3, 0.4) is 0 Å². The number of aryl methyl sites for hydroxylation is 1. The van der Waals surface area contributed by atoms with Crippen molar-refractivity contribution in [3.8, 4) is 0 Å². The zero-order valence-electron chi connectivity index (χ0n) is 9.91. The van der Waals surface area contributed by atoms with Gasteiger partial charge < -0.3 is 0 Å². The first-order valence-corrected chi connectivity index (χ1v) is 5.98. The van der Waals surface area contributed by atoms with Gasteiger partial charge in [-0.25, -0.2) is 4.39 Å². The van der Waals surface area contributed by atoms with E-state index in [-0.39, 0.29) is 17.8 Å². The Labute approximate surface area is 110 Å². The van der Waals surface area contributed by atoms with Crippen molar-refractivity contribution >= 4 is 17.4 Å². The smallest absolute Gasteiger partial charge is 0.170 e. The number of benzene rings is 2. The first-order valence-electron chi connectivity index (χ1n) is 5.60. The SMILES string of the molecule is Cc1ccc(C(=O)Cc2cccc(Cl)c2)c(F)c1. The fourth-order valence-electron chi connectivity index (χ4n) is 1.77. The van der Waals surface area contributed by atoms with E-state index < -0.39 is 5.82 Å². The molecular weight excluding hydrogens is 251 g/mol. The number of carbonyl (C=O) groups is 1. The van der Waals surface area contributed by atoms with Gasteiger partial charge in [0, 0.05) is 11.4 Å². The quantitative estimate of drug-likeness (QED) is 0.757. The minimum atomic E-state index is -0.470. The molecule has 0 unspecified atom stereocenters. The summed E-state index contributed by atoms with van der Waals surface area (Å²) in [6, 6.07) is 11.6. The molecule has 0 aliphatic rings. The van der Waals surface area contributed by atoms with Gasteiger partial charge in [0.2, 0.25) is 0 Å². The van der Waals surface area contributed by atoms with Gasteiger partial charge in [-0.2, -0.15) is 0 Å². The van der Waals surface area contributed by atoms with E-state index >= 15 is 0 Å². The van der Waals surface area contributed by atoms with Crippen LogP contribution in [-0.4, -0.2) is 5.78 Å². The molecule has 0 saturated heterocycles. The van der Waals surface area contributed by atoms with E-state index in [9.17, 15) is 9.18 Å². The highest BCUT2D eigenvalue weighted by Gasteiger charge is 2.12. The number of halogens is 2. The Balaban J connectivity index is 2.22. The molecule has 0 aliphatic carbocycles. The Hall–Kier alpha value is -1.67. The highest BCUT2D eigenvalue weighted by molar-refractivity contribution is 6.30. The van der Waals surface area contributed by atoms with Crippen LogP contribution < -0.4 is 0 Å². The molecule has 0 spiro atoms. The molecule has 0 fully saturated rings. The molecule has 0 heterocycles. The summed E-state index contributed by atoms with van der Waals surface area (Å²) in [5.41, 5.74) is 1.71. The average molecular weight is 263 g/mol. The lowest BCUT2D eigenvalue weighted by Gasteiger charge is -2.04. The summed E-state index contributed by atoms with van der Waals surface area (Å²) in [7, 11) is 0. The number of hydrogen-bond donors (Lipinski definition) is 0. The zero-order valence-corrected chi connectivity index (χ0v) is 10.7. The average Bonchev–Trinajstić information content (AvgIpc) is 2.28. The third-order valence-corrected chi connectivity index (χ3v) is 2.91. The lowest BCUT2D eigenvalue weighted by molar-refractivity contribution is 0.0989. The third-order valence-electron chi connectivity index (χ3n) is 2.68. The summed E-state index contributed by atoms with van der Waals surface area (Å²) in [4.78, 5) is 12.0. The molecule has 1 nitrogen and oxygen atoms in total. The standard InChI is InChI=1S/C15H12ClFO/c1-10-5-6-13(14(17)7-10)15(18)9-11-3-2-4-12(16)8-11/h2-8H,9H2,1H3.